The molecule has 0 unspecified atom stereocenters. The summed E-state index contributed by atoms with van der Waals surface area (Å²) in [6, 6.07) is 0. The molecule has 0 aromatic carbocycles. The summed E-state index contributed by atoms with van der Waals surface area (Å²) < 4.78 is 17.0. The molecule has 0 spiro atoms. The molecule has 0 rings (SSSR count). The van der Waals surface area contributed by atoms with Crippen molar-refractivity contribution in [3.05, 3.63) is 0 Å². The van der Waals surface area contributed by atoms with Gasteiger partial charge in [-0.2, -0.15) is 0 Å². The predicted molar refractivity (Wildman–Crippen MR) is 59.2 cm³/mol. The van der Waals surface area contributed by atoms with Crippen molar-refractivity contribution in [1.82, 2.24) is 4.90 Å². The molecule has 0 radical (unpaired) electrons. The summed E-state index contributed by atoms with van der Waals surface area (Å²) in [6.07, 6.45) is 0.739. The molecule has 0 aliphatic heterocycles. The van der Waals surface area contributed by atoms with Gasteiger partial charge in [-0.1, -0.05) is 0 Å². The van der Waals surface area contributed by atoms with Crippen LogP contribution in [-0.4, -0.2) is 53.8 Å². The van der Waals surface area contributed by atoms with E-state index in [9.17, 15) is 0 Å². The molecule has 0 saturated carbocycles. The lowest BCUT2D eigenvalue weighted by molar-refractivity contribution is 0.0620. The Balaban J connectivity index is 4.37. The third-order valence-corrected chi connectivity index (χ3v) is 4.81. The number of rotatable bonds is 8. The van der Waals surface area contributed by atoms with E-state index in [-0.39, 0.29) is 0 Å². The monoisotopic (exact) mass is 221 g/mol. The summed E-state index contributed by atoms with van der Waals surface area (Å²) in [5.41, 5.74) is 0. The fourth-order valence-electron chi connectivity index (χ4n) is 1.31. The van der Waals surface area contributed by atoms with Gasteiger partial charge in [0.15, 0.2) is 0 Å². The van der Waals surface area contributed by atoms with E-state index in [1.54, 1.807) is 0 Å². The minimum absolute atomic E-state index is 0.639. The molecular formula is C9H23NO3Si. The molecule has 0 fully saturated rings. The largest absolute Gasteiger partial charge is 0.515 e. The van der Waals surface area contributed by atoms with Crippen molar-refractivity contribution in [2.24, 2.45) is 0 Å². The molecule has 0 N–H and O–H groups in total. The highest BCUT2D eigenvalue weighted by molar-refractivity contribution is 6.60. The molecule has 0 bridgehead atoms. The van der Waals surface area contributed by atoms with Crippen LogP contribution in [0, 0.1) is 0 Å². The lowest BCUT2D eigenvalue weighted by Gasteiger charge is -2.30. The van der Waals surface area contributed by atoms with Crippen molar-refractivity contribution >= 4 is 8.80 Å². The summed E-state index contributed by atoms with van der Waals surface area (Å²) in [6.45, 7) is 7.82. The van der Waals surface area contributed by atoms with Gasteiger partial charge in [0.1, 0.15) is 0 Å². The smallest absolute Gasteiger partial charge is 0.373 e. The fraction of sp³-hybridized carbons (Fsp3) is 1.00. The number of hydrogen-bond donors (Lipinski definition) is 0. The van der Waals surface area contributed by atoms with E-state index in [1.165, 1.54) is 0 Å². The Morgan fingerprint density at radius 1 is 0.857 bits per heavy atom. The van der Waals surface area contributed by atoms with Crippen molar-refractivity contribution < 1.29 is 13.3 Å². The zero-order valence-corrected chi connectivity index (χ0v) is 11.0. The molecule has 4 nitrogen and oxygen atoms in total. The second kappa shape index (κ2) is 7.36. The van der Waals surface area contributed by atoms with Gasteiger partial charge in [-0.3, -0.25) is 0 Å². The highest BCUT2D eigenvalue weighted by Gasteiger charge is 2.40. The topological polar surface area (TPSA) is 30.9 Å². The van der Waals surface area contributed by atoms with E-state index in [2.05, 4.69) is 0 Å². The zero-order chi connectivity index (χ0) is 11.0. The third-order valence-electron chi connectivity index (χ3n) is 1.60. The first kappa shape index (κ1) is 14.1. The Labute approximate surface area is 88.5 Å². The maximum atomic E-state index is 5.67. The van der Waals surface area contributed by atoms with E-state index in [0.717, 1.165) is 6.17 Å². The lowest BCUT2D eigenvalue weighted by Crippen LogP contribution is -2.54. The molecular weight excluding hydrogens is 198 g/mol. The normalized spacial score (nSPS) is 12.4. The Hall–Kier alpha value is 0.0569. The van der Waals surface area contributed by atoms with Crippen molar-refractivity contribution in [3.8, 4) is 0 Å². The molecule has 0 aromatic heterocycles. The van der Waals surface area contributed by atoms with Crippen LogP contribution in [-0.2, 0) is 13.3 Å². The van der Waals surface area contributed by atoms with Crippen molar-refractivity contribution in [3.63, 3.8) is 0 Å². The van der Waals surface area contributed by atoms with Gasteiger partial charge in [0, 0.05) is 19.8 Å². The van der Waals surface area contributed by atoms with Crippen LogP contribution in [0.1, 0.15) is 20.8 Å². The average molecular weight is 221 g/mol. The Morgan fingerprint density at radius 3 is 1.43 bits per heavy atom. The predicted octanol–water partition coefficient (Wildman–Crippen LogP) is 1.14. The third kappa shape index (κ3) is 5.07. The summed E-state index contributed by atoms with van der Waals surface area (Å²) in [5, 5.41) is 0. The standard InChI is InChI=1S/C9H23NO3Si/c1-6-11-14(12-7-2,13-8-3)9-10(4)5/h6-9H2,1-5H3. The number of hydrogen-bond acceptors (Lipinski definition) is 4. The Morgan fingerprint density at radius 2 is 1.21 bits per heavy atom. The van der Waals surface area contributed by atoms with Gasteiger partial charge in [-0.15, -0.1) is 0 Å². The maximum Gasteiger partial charge on any atom is 0.515 e. The zero-order valence-electron chi connectivity index (χ0n) is 10.0. The summed E-state index contributed by atoms with van der Waals surface area (Å²) in [5.74, 6) is 0. The van der Waals surface area contributed by atoms with Crippen LogP contribution in [0.2, 0.25) is 0 Å². The molecule has 0 saturated heterocycles. The first-order valence-corrected chi connectivity index (χ1v) is 7.10. The van der Waals surface area contributed by atoms with Crippen LogP contribution >= 0.6 is 0 Å². The first-order chi connectivity index (χ1) is 6.60. The summed E-state index contributed by atoms with van der Waals surface area (Å²) in [4.78, 5) is 2.05. The van der Waals surface area contributed by atoms with Gasteiger partial charge in [0.05, 0.1) is 6.17 Å². The Kier molecular flexibility index (Phi) is 7.39. The SMILES string of the molecule is CCO[Si](CN(C)C)(OCC)OCC. The second-order valence-electron chi connectivity index (χ2n) is 3.22. The molecule has 5 heteroatoms. The molecule has 0 atom stereocenters. The van der Waals surface area contributed by atoms with Crippen LogP contribution in [0.3, 0.4) is 0 Å². The minimum atomic E-state index is -2.43. The minimum Gasteiger partial charge on any atom is -0.373 e. The van der Waals surface area contributed by atoms with Gasteiger partial charge in [-0.25, -0.2) is 0 Å². The summed E-state index contributed by atoms with van der Waals surface area (Å²) in [7, 11) is 1.56. The van der Waals surface area contributed by atoms with Crippen molar-refractivity contribution in [1.29, 1.82) is 0 Å². The summed E-state index contributed by atoms with van der Waals surface area (Å²) >= 11 is 0. The van der Waals surface area contributed by atoms with E-state index in [0.29, 0.717) is 19.8 Å². The Bertz CT molecular complexity index is 127. The van der Waals surface area contributed by atoms with E-state index < -0.39 is 8.80 Å². The van der Waals surface area contributed by atoms with E-state index >= 15 is 0 Å². The van der Waals surface area contributed by atoms with Crippen LogP contribution in [0.5, 0.6) is 0 Å². The molecule has 0 heterocycles. The quantitative estimate of drug-likeness (QED) is 0.575. The average Bonchev–Trinajstić information content (AvgIpc) is 2.03. The van der Waals surface area contributed by atoms with Gasteiger partial charge >= 0.3 is 8.80 Å². The van der Waals surface area contributed by atoms with E-state index in [1.807, 2.05) is 39.8 Å². The molecule has 0 aromatic rings. The van der Waals surface area contributed by atoms with Crippen molar-refractivity contribution in [2.75, 3.05) is 40.1 Å². The molecule has 14 heavy (non-hydrogen) atoms. The van der Waals surface area contributed by atoms with Crippen LogP contribution in [0.25, 0.3) is 0 Å². The van der Waals surface area contributed by atoms with Gasteiger partial charge in [-0.05, 0) is 34.9 Å². The molecule has 86 valence electrons. The van der Waals surface area contributed by atoms with Crippen molar-refractivity contribution in [2.45, 2.75) is 20.8 Å². The molecule has 0 amide bonds. The van der Waals surface area contributed by atoms with Gasteiger partial charge < -0.3 is 18.2 Å². The van der Waals surface area contributed by atoms with Gasteiger partial charge in [0.25, 0.3) is 0 Å². The maximum absolute atomic E-state index is 5.67. The van der Waals surface area contributed by atoms with Crippen LogP contribution in [0.4, 0.5) is 0 Å². The van der Waals surface area contributed by atoms with E-state index in [4.69, 9.17) is 13.3 Å². The van der Waals surface area contributed by atoms with Gasteiger partial charge in [0.2, 0.25) is 0 Å². The highest BCUT2D eigenvalue weighted by atomic mass is 28.4. The molecule has 0 aliphatic rings. The van der Waals surface area contributed by atoms with Crippen LogP contribution < -0.4 is 0 Å². The highest BCUT2D eigenvalue weighted by Crippen LogP contribution is 2.10. The fourth-order valence-corrected chi connectivity index (χ4v) is 3.93. The molecule has 0 aliphatic carbocycles. The second-order valence-corrected chi connectivity index (χ2v) is 5.77. The van der Waals surface area contributed by atoms with Crippen LogP contribution in [0.15, 0.2) is 0 Å². The first-order valence-electron chi connectivity index (χ1n) is 5.16. The number of nitrogens with zero attached hydrogens (tertiary/aromatic N) is 1. The lowest BCUT2D eigenvalue weighted by atomic mass is 10.9.